The van der Waals surface area contributed by atoms with Crippen LogP contribution in [0.2, 0.25) is 0 Å². The van der Waals surface area contributed by atoms with E-state index in [-0.39, 0.29) is 48.0 Å². The number of azo groups is 1. The summed E-state index contributed by atoms with van der Waals surface area (Å²) in [6.45, 7) is 9.10. The molecule has 1 aliphatic carbocycles. The summed E-state index contributed by atoms with van der Waals surface area (Å²) in [6.07, 6.45) is 5.76. The minimum atomic E-state index is -0.249. The van der Waals surface area contributed by atoms with E-state index in [2.05, 4.69) is 46.3 Å². The maximum absolute atomic E-state index is 12.0. The minimum absolute atomic E-state index is 0.0489. The Morgan fingerprint density at radius 2 is 2.06 bits per heavy atom. The lowest BCUT2D eigenvalue weighted by molar-refractivity contribution is -0.120. The molecule has 0 spiro atoms. The zero-order valence-corrected chi connectivity index (χ0v) is 20.7. The normalized spacial score (nSPS) is 21.1. The molecule has 1 aromatic rings. The van der Waals surface area contributed by atoms with Crippen LogP contribution in [0.5, 0.6) is 0 Å². The van der Waals surface area contributed by atoms with Crippen molar-refractivity contribution in [3.63, 3.8) is 0 Å². The number of aromatic nitrogens is 2. The van der Waals surface area contributed by atoms with Gasteiger partial charge < -0.3 is 5.32 Å². The van der Waals surface area contributed by atoms with Crippen molar-refractivity contribution in [2.24, 2.45) is 10.2 Å². The highest BCUT2D eigenvalue weighted by Crippen LogP contribution is 2.30. The molecule has 0 aromatic carbocycles. The van der Waals surface area contributed by atoms with Gasteiger partial charge >= 0.3 is 0 Å². The first kappa shape index (κ1) is 27.0. The summed E-state index contributed by atoms with van der Waals surface area (Å²) in [7, 11) is 0. The summed E-state index contributed by atoms with van der Waals surface area (Å²) in [5.74, 6) is 0.0696. The first-order chi connectivity index (χ1) is 16.4. The van der Waals surface area contributed by atoms with Crippen molar-refractivity contribution in [3.8, 4) is 18.2 Å². The minimum Gasteiger partial charge on any atom is -0.351 e. The number of hydrogen-bond acceptors (Lipinski definition) is 8. The summed E-state index contributed by atoms with van der Waals surface area (Å²) in [5, 5.41) is 43.9. The second kappa shape index (κ2) is 13.4. The van der Waals surface area contributed by atoms with Crippen LogP contribution in [0.15, 0.2) is 10.2 Å². The zero-order valence-electron chi connectivity index (χ0n) is 20.7. The van der Waals surface area contributed by atoms with Crippen LogP contribution in [-0.4, -0.2) is 51.3 Å². The number of carbonyl (C=O) groups is 1. The molecule has 1 heterocycles. The summed E-state index contributed by atoms with van der Waals surface area (Å²) >= 11 is 0. The number of rotatable bonds is 11. The maximum Gasteiger partial charge on any atom is 0.217 e. The lowest BCUT2D eigenvalue weighted by Crippen LogP contribution is -2.53. The fourth-order valence-corrected chi connectivity index (χ4v) is 4.55. The van der Waals surface area contributed by atoms with E-state index < -0.39 is 0 Å². The molecule has 0 bridgehead atoms. The van der Waals surface area contributed by atoms with E-state index in [0.29, 0.717) is 12.1 Å². The Labute approximate surface area is 202 Å². The molecular formula is C24H35N9O. The van der Waals surface area contributed by atoms with E-state index in [1.807, 2.05) is 18.2 Å². The zero-order chi connectivity index (χ0) is 25.1. The van der Waals surface area contributed by atoms with Gasteiger partial charge in [-0.3, -0.25) is 9.69 Å². The lowest BCUT2D eigenvalue weighted by Gasteiger charge is -2.42. The van der Waals surface area contributed by atoms with Crippen molar-refractivity contribution in [2.75, 3.05) is 6.54 Å². The molecule has 4 atom stereocenters. The average molecular weight is 466 g/mol. The Morgan fingerprint density at radius 3 is 2.65 bits per heavy atom. The van der Waals surface area contributed by atoms with Gasteiger partial charge in [0.25, 0.3) is 0 Å². The molecule has 34 heavy (non-hydrogen) atoms. The molecule has 10 heteroatoms. The van der Waals surface area contributed by atoms with Crippen LogP contribution in [0.4, 0.5) is 5.82 Å². The van der Waals surface area contributed by atoms with Crippen LogP contribution in [-0.2, 0) is 17.8 Å². The summed E-state index contributed by atoms with van der Waals surface area (Å²) in [5.41, 5.74) is 0.448. The standard InChI is InChI=1S/C24H35N9O/c1-5-7-13-32(17(3)6-2)19-8-9-22(23(15-19)28-18(4)34)29-30-24-20(16-27)21(10-11-25)31-33(24)14-12-26/h17,19,22-23H,5-10,13-15H2,1-4H3,(H,28,34). The number of nitriles is 3. The Hall–Kier alpha value is -3.29. The smallest absolute Gasteiger partial charge is 0.217 e. The van der Waals surface area contributed by atoms with Crippen LogP contribution in [0, 0.1) is 34.0 Å². The van der Waals surface area contributed by atoms with Crippen molar-refractivity contribution in [2.45, 2.75) is 103 Å². The Morgan fingerprint density at radius 1 is 1.29 bits per heavy atom. The third-order valence-corrected chi connectivity index (χ3v) is 6.45. The van der Waals surface area contributed by atoms with E-state index in [1.54, 1.807) is 0 Å². The predicted octanol–water partition coefficient (Wildman–Crippen LogP) is 3.75. The van der Waals surface area contributed by atoms with Gasteiger partial charge in [0.2, 0.25) is 5.91 Å². The molecule has 1 fully saturated rings. The molecule has 0 aliphatic heterocycles. The Kier molecular flexibility index (Phi) is 10.6. The highest BCUT2D eigenvalue weighted by Gasteiger charge is 2.35. The van der Waals surface area contributed by atoms with Crippen molar-refractivity contribution in [1.82, 2.24) is 20.0 Å². The monoisotopic (exact) mass is 465 g/mol. The van der Waals surface area contributed by atoms with Crippen LogP contribution < -0.4 is 5.32 Å². The number of carbonyl (C=O) groups excluding carboxylic acids is 1. The maximum atomic E-state index is 12.0. The quantitative estimate of drug-likeness (QED) is 0.492. The molecule has 2 rings (SSSR count). The van der Waals surface area contributed by atoms with Crippen LogP contribution in [0.3, 0.4) is 0 Å². The van der Waals surface area contributed by atoms with Gasteiger partial charge in [0.15, 0.2) is 5.82 Å². The van der Waals surface area contributed by atoms with Gasteiger partial charge in [-0.2, -0.15) is 26.0 Å². The van der Waals surface area contributed by atoms with Gasteiger partial charge in [-0.1, -0.05) is 20.3 Å². The molecule has 1 saturated carbocycles. The number of nitrogens with zero attached hydrogens (tertiary/aromatic N) is 8. The third-order valence-electron chi connectivity index (χ3n) is 6.45. The summed E-state index contributed by atoms with van der Waals surface area (Å²) in [4.78, 5) is 14.5. The van der Waals surface area contributed by atoms with Gasteiger partial charge in [0.05, 0.1) is 36.3 Å². The highest BCUT2D eigenvalue weighted by molar-refractivity contribution is 5.73. The van der Waals surface area contributed by atoms with Crippen LogP contribution >= 0.6 is 0 Å². The van der Waals surface area contributed by atoms with Crippen molar-refractivity contribution in [1.29, 1.82) is 15.8 Å². The van der Waals surface area contributed by atoms with Crippen molar-refractivity contribution < 1.29 is 4.79 Å². The molecular weight excluding hydrogens is 430 g/mol. The summed E-state index contributed by atoms with van der Waals surface area (Å²) < 4.78 is 1.31. The predicted molar refractivity (Wildman–Crippen MR) is 127 cm³/mol. The molecule has 4 unspecified atom stereocenters. The topological polar surface area (TPSA) is 146 Å². The molecule has 1 amide bonds. The largest absolute Gasteiger partial charge is 0.351 e. The van der Waals surface area contributed by atoms with E-state index in [0.717, 1.165) is 45.1 Å². The molecule has 1 N–H and O–H groups in total. The molecule has 0 radical (unpaired) electrons. The van der Waals surface area contributed by atoms with E-state index >= 15 is 0 Å². The number of unbranched alkanes of at least 4 members (excludes halogenated alkanes) is 1. The molecule has 0 saturated heterocycles. The van der Waals surface area contributed by atoms with Gasteiger partial charge in [-0.05, 0) is 45.6 Å². The van der Waals surface area contributed by atoms with E-state index in [9.17, 15) is 10.1 Å². The van der Waals surface area contributed by atoms with Gasteiger partial charge in [-0.15, -0.1) is 5.11 Å². The lowest BCUT2D eigenvalue weighted by atomic mass is 9.85. The Balaban J connectivity index is 2.31. The van der Waals surface area contributed by atoms with Crippen LogP contribution in [0.1, 0.15) is 77.5 Å². The van der Waals surface area contributed by atoms with Gasteiger partial charge in [-0.25, -0.2) is 4.68 Å². The number of nitrogens with one attached hydrogen (secondary N) is 1. The average Bonchev–Trinajstić information content (AvgIpc) is 3.14. The van der Waals surface area contributed by atoms with Gasteiger partial charge in [0.1, 0.15) is 18.2 Å². The first-order valence-corrected chi connectivity index (χ1v) is 12.1. The number of amides is 1. The fraction of sp³-hybridized carbons (Fsp3) is 0.708. The van der Waals surface area contributed by atoms with E-state index in [4.69, 9.17) is 10.5 Å². The Bertz CT molecular complexity index is 978. The molecule has 182 valence electrons. The summed E-state index contributed by atoms with van der Waals surface area (Å²) in [6, 6.07) is 6.42. The first-order valence-electron chi connectivity index (χ1n) is 12.1. The SMILES string of the molecule is CCCCN(C(C)CC)C1CCC(N=Nc2c(C#N)c(CC#N)nn2CC#N)C(NC(C)=O)C1. The second-order valence-electron chi connectivity index (χ2n) is 8.81. The highest BCUT2D eigenvalue weighted by atomic mass is 16.1. The second-order valence-corrected chi connectivity index (χ2v) is 8.81. The van der Waals surface area contributed by atoms with Gasteiger partial charge in [0, 0.05) is 19.0 Å². The molecule has 10 nitrogen and oxygen atoms in total. The van der Waals surface area contributed by atoms with Crippen molar-refractivity contribution in [3.05, 3.63) is 11.3 Å². The van der Waals surface area contributed by atoms with Crippen molar-refractivity contribution >= 4 is 11.7 Å². The number of hydrogen-bond donors (Lipinski definition) is 1. The third kappa shape index (κ3) is 6.85. The molecule has 1 aliphatic rings. The molecule has 1 aromatic heterocycles. The van der Waals surface area contributed by atoms with Crippen LogP contribution in [0.25, 0.3) is 0 Å². The van der Waals surface area contributed by atoms with E-state index in [1.165, 1.54) is 11.6 Å². The fourth-order valence-electron chi connectivity index (χ4n) is 4.55.